The van der Waals surface area contributed by atoms with Gasteiger partial charge in [-0.1, -0.05) is 60.2 Å². The molecule has 4 rings (SSSR count). The molecule has 34 heavy (non-hydrogen) atoms. The Morgan fingerprint density at radius 1 is 0.971 bits per heavy atom. The van der Waals surface area contributed by atoms with Crippen LogP contribution in [-0.2, 0) is 24.3 Å². The number of fused-ring (bicyclic) bond motifs is 1. The number of benzene rings is 3. The van der Waals surface area contributed by atoms with Gasteiger partial charge in [-0.2, -0.15) is 0 Å². The molecule has 1 N–H and O–H groups in total. The van der Waals surface area contributed by atoms with Crippen LogP contribution in [0.5, 0.6) is 5.75 Å². The van der Waals surface area contributed by atoms with Crippen molar-refractivity contribution >= 4 is 16.9 Å². The number of aromatic nitrogens is 2. The van der Waals surface area contributed by atoms with Crippen LogP contribution in [0.3, 0.4) is 0 Å². The predicted octanol–water partition coefficient (Wildman–Crippen LogP) is 5.76. The molecule has 176 valence electrons. The topological polar surface area (TPSA) is 56.1 Å². The molecule has 4 aromatic rings. The summed E-state index contributed by atoms with van der Waals surface area (Å²) in [4.78, 5) is 17.2. The van der Waals surface area contributed by atoms with Crippen molar-refractivity contribution in [2.75, 3.05) is 6.61 Å². The van der Waals surface area contributed by atoms with Crippen LogP contribution in [0.15, 0.2) is 72.8 Å². The number of hydrogen-bond donors (Lipinski definition) is 1. The summed E-state index contributed by atoms with van der Waals surface area (Å²) in [5.74, 6) is 1.89. The molecule has 5 nitrogen and oxygen atoms in total. The molecule has 0 unspecified atom stereocenters. The Morgan fingerprint density at radius 2 is 1.76 bits per heavy atom. The van der Waals surface area contributed by atoms with Gasteiger partial charge < -0.3 is 14.6 Å². The van der Waals surface area contributed by atoms with E-state index < -0.39 is 0 Å². The zero-order valence-electron chi connectivity index (χ0n) is 20.1. The molecule has 1 heterocycles. The van der Waals surface area contributed by atoms with Crippen LogP contribution in [0.2, 0.25) is 0 Å². The molecule has 0 spiro atoms. The summed E-state index contributed by atoms with van der Waals surface area (Å²) in [5.41, 5.74) is 5.66. The lowest BCUT2D eigenvalue weighted by Crippen LogP contribution is -2.25. The molecule has 0 radical (unpaired) electrons. The largest absolute Gasteiger partial charge is 0.493 e. The molecule has 3 aromatic carbocycles. The summed E-state index contributed by atoms with van der Waals surface area (Å²) in [6, 6.07) is 24.5. The van der Waals surface area contributed by atoms with Gasteiger partial charge in [0.2, 0.25) is 5.91 Å². The van der Waals surface area contributed by atoms with Crippen LogP contribution in [0.25, 0.3) is 11.0 Å². The van der Waals surface area contributed by atoms with Crippen LogP contribution < -0.4 is 10.1 Å². The first-order valence-corrected chi connectivity index (χ1v) is 12.0. The zero-order chi connectivity index (χ0) is 23.8. The summed E-state index contributed by atoms with van der Waals surface area (Å²) in [6.45, 7) is 6.13. The minimum absolute atomic E-state index is 0.0457. The monoisotopic (exact) mass is 455 g/mol. The minimum Gasteiger partial charge on any atom is -0.493 e. The highest BCUT2D eigenvalue weighted by molar-refractivity contribution is 5.77. The van der Waals surface area contributed by atoms with Crippen LogP contribution in [0.4, 0.5) is 0 Å². The third-order valence-electron chi connectivity index (χ3n) is 6.02. The Morgan fingerprint density at radius 3 is 2.59 bits per heavy atom. The molecule has 1 aromatic heterocycles. The van der Waals surface area contributed by atoms with Gasteiger partial charge in [0.05, 0.1) is 24.2 Å². The smallest absolute Gasteiger partial charge is 0.220 e. The summed E-state index contributed by atoms with van der Waals surface area (Å²) in [7, 11) is 0. The summed E-state index contributed by atoms with van der Waals surface area (Å²) in [6.07, 6.45) is 3.13. The fourth-order valence-electron chi connectivity index (χ4n) is 4.19. The number of nitrogens with zero attached hydrogens (tertiary/aromatic N) is 2. The highest BCUT2D eigenvalue weighted by Gasteiger charge is 2.12. The highest BCUT2D eigenvalue weighted by atomic mass is 16.5. The molecular formula is C29H33N3O2. The van der Waals surface area contributed by atoms with Crippen molar-refractivity contribution in [3.05, 3.63) is 95.3 Å². The Balaban J connectivity index is 1.31. The molecule has 0 bridgehead atoms. The predicted molar refractivity (Wildman–Crippen MR) is 137 cm³/mol. The number of amides is 1. The van der Waals surface area contributed by atoms with Crippen molar-refractivity contribution in [2.24, 2.45) is 0 Å². The fraction of sp³-hybridized carbons (Fsp3) is 0.310. The number of carbonyl (C=O) groups is 1. The minimum atomic E-state index is 0.0457. The highest BCUT2D eigenvalue weighted by Crippen LogP contribution is 2.20. The van der Waals surface area contributed by atoms with E-state index in [9.17, 15) is 4.79 Å². The molecule has 1 amide bonds. The number of hydrogen-bond acceptors (Lipinski definition) is 3. The van der Waals surface area contributed by atoms with E-state index in [1.165, 1.54) is 16.7 Å². The van der Waals surface area contributed by atoms with Crippen LogP contribution in [0.1, 0.15) is 41.8 Å². The Hall–Kier alpha value is -3.60. The van der Waals surface area contributed by atoms with E-state index in [0.29, 0.717) is 19.6 Å². The zero-order valence-corrected chi connectivity index (χ0v) is 20.1. The first-order chi connectivity index (χ1) is 16.6. The van der Waals surface area contributed by atoms with E-state index >= 15 is 0 Å². The summed E-state index contributed by atoms with van der Waals surface area (Å²) < 4.78 is 8.22. The average molecular weight is 456 g/mol. The first kappa shape index (κ1) is 23.6. The van der Waals surface area contributed by atoms with Crippen molar-refractivity contribution in [3.8, 4) is 5.75 Å². The lowest BCUT2D eigenvalue weighted by atomic mass is 10.1. The first-order valence-electron chi connectivity index (χ1n) is 12.0. The second-order valence-corrected chi connectivity index (χ2v) is 8.76. The maximum absolute atomic E-state index is 12.4. The number of nitrogens with one attached hydrogen (secondary N) is 1. The van der Waals surface area contributed by atoms with Crippen molar-refractivity contribution in [2.45, 2.75) is 52.6 Å². The number of carbonyl (C=O) groups excluding carboxylic acids is 1. The fourth-order valence-corrected chi connectivity index (χ4v) is 4.19. The second kappa shape index (κ2) is 11.5. The molecule has 0 fully saturated rings. The van der Waals surface area contributed by atoms with Gasteiger partial charge in [-0.25, -0.2) is 4.98 Å². The van der Waals surface area contributed by atoms with Crippen molar-refractivity contribution in [1.29, 1.82) is 0 Å². The number of ether oxygens (including phenoxy) is 1. The second-order valence-electron chi connectivity index (χ2n) is 8.76. The maximum Gasteiger partial charge on any atom is 0.220 e. The molecule has 0 atom stereocenters. The molecule has 0 saturated heterocycles. The van der Waals surface area contributed by atoms with E-state index in [1.807, 2.05) is 42.5 Å². The SMILES string of the molecule is Cc1ccc(OCCCCn2c(CNC(=O)CCc3ccccc3)nc3ccccc32)c(C)c1. The normalized spacial score (nSPS) is 11.0. The lowest BCUT2D eigenvalue weighted by molar-refractivity contribution is -0.121. The van der Waals surface area contributed by atoms with Crippen molar-refractivity contribution in [3.63, 3.8) is 0 Å². The van der Waals surface area contributed by atoms with Crippen molar-refractivity contribution < 1.29 is 9.53 Å². The van der Waals surface area contributed by atoms with Crippen LogP contribution >= 0.6 is 0 Å². The molecule has 0 aliphatic rings. The molecule has 0 saturated carbocycles. The molecule has 0 aliphatic heterocycles. The van der Waals surface area contributed by atoms with Gasteiger partial charge in [0.1, 0.15) is 11.6 Å². The van der Waals surface area contributed by atoms with Gasteiger partial charge in [-0.3, -0.25) is 4.79 Å². The average Bonchev–Trinajstić information content (AvgIpc) is 3.20. The summed E-state index contributed by atoms with van der Waals surface area (Å²) >= 11 is 0. The van der Waals surface area contributed by atoms with E-state index in [-0.39, 0.29) is 5.91 Å². The third kappa shape index (κ3) is 6.25. The van der Waals surface area contributed by atoms with Gasteiger partial charge >= 0.3 is 0 Å². The standard InChI is InChI=1S/C29H33N3O2/c1-22-14-16-27(23(2)20-22)34-19-9-8-18-32-26-13-7-6-12-25(26)31-28(32)21-30-29(33)17-15-24-10-4-3-5-11-24/h3-7,10-14,16,20H,8-9,15,17-19,21H2,1-2H3,(H,30,33). The van der Waals surface area contributed by atoms with Gasteiger partial charge in [-0.05, 0) is 62.4 Å². The lowest BCUT2D eigenvalue weighted by Gasteiger charge is -2.12. The molecular weight excluding hydrogens is 422 g/mol. The van der Waals surface area contributed by atoms with E-state index in [4.69, 9.17) is 9.72 Å². The quantitative estimate of drug-likeness (QED) is 0.293. The van der Waals surface area contributed by atoms with Crippen LogP contribution in [0, 0.1) is 13.8 Å². The number of imidazole rings is 1. The van der Waals surface area contributed by atoms with Gasteiger partial charge in [0.25, 0.3) is 0 Å². The van der Waals surface area contributed by atoms with Crippen molar-refractivity contribution in [1.82, 2.24) is 14.9 Å². The van der Waals surface area contributed by atoms with E-state index in [0.717, 1.165) is 48.4 Å². The number of para-hydroxylation sites is 2. The molecule has 5 heteroatoms. The van der Waals surface area contributed by atoms with E-state index in [2.05, 4.69) is 54.1 Å². The Bertz CT molecular complexity index is 1230. The van der Waals surface area contributed by atoms with Gasteiger partial charge in [0.15, 0.2) is 0 Å². The summed E-state index contributed by atoms with van der Waals surface area (Å²) in [5, 5.41) is 3.06. The Labute approximate surface area is 201 Å². The molecule has 0 aliphatic carbocycles. The number of aryl methyl sites for hydroxylation is 4. The third-order valence-corrected chi connectivity index (χ3v) is 6.02. The Kier molecular flexibility index (Phi) is 7.97. The van der Waals surface area contributed by atoms with Gasteiger partial charge in [-0.15, -0.1) is 0 Å². The van der Waals surface area contributed by atoms with Gasteiger partial charge in [0, 0.05) is 13.0 Å². The number of unbranched alkanes of at least 4 members (excludes halogenated alkanes) is 1. The number of rotatable bonds is 11. The van der Waals surface area contributed by atoms with Crippen LogP contribution in [-0.4, -0.2) is 22.1 Å². The maximum atomic E-state index is 12.4. The van der Waals surface area contributed by atoms with E-state index in [1.54, 1.807) is 0 Å².